The second kappa shape index (κ2) is 7.73. The maximum atomic E-state index is 13.3. The number of anilines is 2. The van der Waals surface area contributed by atoms with Gasteiger partial charge in [0, 0.05) is 23.9 Å². The van der Waals surface area contributed by atoms with Gasteiger partial charge in [-0.3, -0.25) is 4.79 Å². The SMILES string of the molecule is O=C(Nc1ccc2cc[nH]c2c1)c1cnc2ccc(NCc3ccc(F)c(Cl)c3)nn12. The van der Waals surface area contributed by atoms with Crippen molar-refractivity contribution in [3.8, 4) is 0 Å². The molecule has 3 N–H and O–H groups in total. The molecule has 5 aromatic rings. The summed E-state index contributed by atoms with van der Waals surface area (Å²) in [5.74, 6) is -0.254. The molecular formula is C22H16ClFN6O. The quantitative estimate of drug-likeness (QED) is 0.368. The third-order valence-corrected chi connectivity index (χ3v) is 5.16. The number of rotatable bonds is 5. The first-order valence-electron chi connectivity index (χ1n) is 9.48. The zero-order valence-corrected chi connectivity index (χ0v) is 16.8. The van der Waals surface area contributed by atoms with Gasteiger partial charge in [0.1, 0.15) is 11.6 Å². The first-order chi connectivity index (χ1) is 15.1. The molecule has 0 radical (unpaired) electrons. The third kappa shape index (κ3) is 3.80. The molecule has 31 heavy (non-hydrogen) atoms. The van der Waals surface area contributed by atoms with E-state index in [1.807, 2.05) is 30.5 Å². The summed E-state index contributed by atoms with van der Waals surface area (Å²) >= 11 is 5.83. The van der Waals surface area contributed by atoms with Gasteiger partial charge in [-0.15, -0.1) is 5.10 Å². The number of fused-ring (bicyclic) bond motifs is 2. The molecule has 0 spiro atoms. The predicted molar refractivity (Wildman–Crippen MR) is 118 cm³/mol. The van der Waals surface area contributed by atoms with E-state index in [-0.39, 0.29) is 10.9 Å². The van der Waals surface area contributed by atoms with Crippen LogP contribution in [-0.2, 0) is 6.54 Å². The summed E-state index contributed by atoms with van der Waals surface area (Å²) in [5.41, 5.74) is 3.24. The number of carbonyl (C=O) groups excluding carboxylic acids is 1. The molecule has 154 valence electrons. The molecule has 0 aliphatic heterocycles. The fourth-order valence-electron chi connectivity index (χ4n) is 3.29. The molecule has 3 heterocycles. The molecule has 9 heteroatoms. The van der Waals surface area contributed by atoms with Crippen LogP contribution in [0.25, 0.3) is 16.6 Å². The van der Waals surface area contributed by atoms with E-state index in [4.69, 9.17) is 11.6 Å². The number of aromatic amines is 1. The minimum absolute atomic E-state index is 0.0637. The number of aromatic nitrogens is 4. The Balaban J connectivity index is 1.36. The van der Waals surface area contributed by atoms with E-state index >= 15 is 0 Å². The van der Waals surface area contributed by atoms with Crippen LogP contribution in [0.1, 0.15) is 16.1 Å². The second-order valence-electron chi connectivity index (χ2n) is 6.97. The molecule has 0 bridgehead atoms. The number of hydrogen-bond donors (Lipinski definition) is 3. The second-order valence-corrected chi connectivity index (χ2v) is 7.38. The highest BCUT2D eigenvalue weighted by Crippen LogP contribution is 2.19. The van der Waals surface area contributed by atoms with Crippen molar-refractivity contribution in [1.82, 2.24) is 19.6 Å². The van der Waals surface area contributed by atoms with E-state index in [0.29, 0.717) is 29.4 Å². The third-order valence-electron chi connectivity index (χ3n) is 4.87. The van der Waals surface area contributed by atoms with E-state index in [0.717, 1.165) is 16.5 Å². The van der Waals surface area contributed by atoms with E-state index in [1.54, 1.807) is 24.3 Å². The van der Waals surface area contributed by atoms with Crippen molar-refractivity contribution in [3.63, 3.8) is 0 Å². The molecule has 0 atom stereocenters. The molecule has 2 aromatic carbocycles. The monoisotopic (exact) mass is 434 g/mol. The molecule has 5 rings (SSSR count). The van der Waals surface area contributed by atoms with Crippen LogP contribution in [0.4, 0.5) is 15.9 Å². The van der Waals surface area contributed by atoms with Crippen LogP contribution in [-0.4, -0.2) is 25.5 Å². The van der Waals surface area contributed by atoms with Crippen LogP contribution in [0, 0.1) is 5.82 Å². The topological polar surface area (TPSA) is 87.1 Å². The van der Waals surface area contributed by atoms with Gasteiger partial charge in [-0.05, 0) is 53.4 Å². The number of nitrogens with one attached hydrogen (secondary N) is 3. The van der Waals surface area contributed by atoms with Crippen LogP contribution < -0.4 is 10.6 Å². The van der Waals surface area contributed by atoms with E-state index in [9.17, 15) is 9.18 Å². The molecule has 7 nitrogen and oxygen atoms in total. The Morgan fingerprint density at radius 2 is 2.03 bits per heavy atom. The number of imidazole rings is 1. The number of benzene rings is 2. The minimum atomic E-state index is -0.463. The van der Waals surface area contributed by atoms with E-state index in [2.05, 4.69) is 25.7 Å². The van der Waals surface area contributed by atoms with Gasteiger partial charge < -0.3 is 15.6 Å². The summed E-state index contributed by atoms with van der Waals surface area (Å²) in [7, 11) is 0. The molecule has 0 aliphatic rings. The Morgan fingerprint density at radius 1 is 1.13 bits per heavy atom. The minimum Gasteiger partial charge on any atom is -0.365 e. The Labute approximate surface area is 180 Å². The number of carbonyl (C=O) groups is 1. The van der Waals surface area contributed by atoms with Crippen molar-refractivity contribution in [1.29, 1.82) is 0 Å². The van der Waals surface area contributed by atoms with Gasteiger partial charge in [-0.25, -0.2) is 13.9 Å². The Morgan fingerprint density at radius 3 is 2.90 bits per heavy atom. The molecule has 1 amide bonds. The lowest BCUT2D eigenvalue weighted by molar-refractivity contribution is 0.102. The lowest BCUT2D eigenvalue weighted by Gasteiger charge is -2.08. The number of amides is 1. The van der Waals surface area contributed by atoms with Gasteiger partial charge in [0.15, 0.2) is 11.3 Å². The number of H-pyrrole nitrogens is 1. The highest BCUT2D eigenvalue weighted by molar-refractivity contribution is 6.30. The summed E-state index contributed by atoms with van der Waals surface area (Å²) < 4.78 is 14.8. The number of halogens is 2. The van der Waals surface area contributed by atoms with Crippen LogP contribution in [0.3, 0.4) is 0 Å². The molecule has 0 unspecified atom stereocenters. The Kier molecular flexibility index (Phi) is 4.76. The van der Waals surface area contributed by atoms with E-state index in [1.165, 1.54) is 16.8 Å². The molecule has 3 aromatic heterocycles. The maximum absolute atomic E-state index is 13.3. The predicted octanol–water partition coefficient (Wildman–Crippen LogP) is 4.87. The molecule has 0 saturated carbocycles. The average molecular weight is 435 g/mol. The largest absolute Gasteiger partial charge is 0.365 e. The van der Waals surface area contributed by atoms with Gasteiger partial charge in [0.05, 0.1) is 11.2 Å². The number of nitrogens with zero attached hydrogens (tertiary/aromatic N) is 3. The lowest BCUT2D eigenvalue weighted by atomic mass is 10.2. The van der Waals surface area contributed by atoms with Crippen molar-refractivity contribution in [2.45, 2.75) is 6.54 Å². The van der Waals surface area contributed by atoms with Crippen molar-refractivity contribution < 1.29 is 9.18 Å². The smallest absolute Gasteiger partial charge is 0.276 e. The van der Waals surface area contributed by atoms with Crippen molar-refractivity contribution >= 4 is 45.6 Å². The van der Waals surface area contributed by atoms with Crippen LogP contribution in [0.15, 0.2) is 67.0 Å². The van der Waals surface area contributed by atoms with Gasteiger partial charge in [0.2, 0.25) is 0 Å². The number of hydrogen-bond acceptors (Lipinski definition) is 4. The lowest BCUT2D eigenvalue weighted by Crippen LogP contribution is -2.16. The first kappa shape index (κ1) is 19.1. The fraction of sp³-hybridized carbons (Fsp3) is 0.0455. The average Bonchev–Trinajstić information content (AvgIpc) is 3.40. The summed E-state index contributed by atoms with van der Waals surface area (Å²) in [4.78, 5) is 20.2. The first-order valence-corrected chi connectivity index (χ1v) is 9.86. The van der Waals surface area contributed by atoms with Gasteiger partial charge in [-0.1, -0.05) is 23.7 Å². The highest BCUT2D eigenvalue weighted by atomic mass is 35.5. The van der Waals surface area contributed by atoms with Gasteiger partial charge in [0.25, 0.3) is 5.91 Å². The van der Waals surface area contributed by atoms with Crippen molar-refractivity contribution in [3.05, 3.63) is 89.1 Å². The van der Waals surface area contributed by atoms with Gasteiger partial charge >= 0.3 is 0 Å². The van der Waals surface area contributed by atoms with Crippen LogP contribution in [0.2, 0.25) is 5.02 Å². The zero-order chi connectivity index (χ0) is 21.4. The van der Waals surface area contributed by atoms with Crippen LogP contribution >= 0.6 is 11.6 Å². The molecule has 0 fully saturated rings. The van der Waals surface area contributed by atoms with Gasteiger partial charge in [-0.2, -0.15) is 0 Å². The highest BCUT2D eigenvalue weighted by Gasteiger charge is 2.14. The molecule has 0 aliphatic carbocycles. The van der Waals surface area contributed by atoms with Crippen molar-refractivity contribution in [2.24, 2.45) is 0 Å². The standard InChI is InChI=1S/C22H16ClFN6O/c23-16-9-13(1-4-17(16)24)11-26-20-5-6-21-27-12-19(30(21)29-20)22(31)28-15-3-2-14-7-8-25-18(14)10-15/h1-10,12,25H,11H2,(H,26,29)(H,28,31). The summed E-state index contributed by atoms with van der Waals surface area (Å²) in [6.45, 7) is 0.394. The Hall–Kier alpha value is -3.91. The Bertz CT molecular complexity index is 1430. The fourth-order valence-corrected chi connectivity index (χ4v) is 3.49. The zero-order valence-electron chi connectivity index (χ0n) is 16.1. The molecule has 0 saturated heterocycles. The van der Waals surface area contributed by atoms with E-state index < -0.39 is 5.82 Å². The summed E-state index contributed by atoms with van der Waals surface area (Å²) in [5, 5.41) is 11.6. The molecular weight excluding hydrogens is 419 g/mol. The summed E-state index contributed by atoms with van der Waals surface area (Å²) in [6, 6.07) is 15.6. The van der Waals surface area contributed by atoms with Crippen molar-refractivity contribution in [2.75, 3.05) is 10.6 Å². The maximum Gasteiger partial charge on any atom is 0.276 e. The van der Waals surface area contributed by atoms with Crippen LogP contribution in [0.5, 0.6) is 0 Å². The summed E-state index contributed by atoms with van der Waals surface area (Å²) in [6.07, 6.45) is 3.33. The normalized spacial score (nSPS) is 11.2.